The number of nitrogens with two attached hydrogens (primary N) is 1. The molecule has 0 saturated carbocycles. The molecule has 0 spiro atoms. The Balaban J connectivity index is 2.24. The van der Waals surface area contributed by atoms with Gasteiger partial charge in [0.15, 0.2) is 0 Å². The molecule has 1 heterocycles. The zero-order chi connectivity index (χ0) is 12.2. The Bertz CT molecular complexity index is 240. The number of nitrogens with zero attached hydrogens (tertiary/aromatic N) is 1. The summed E-state index contributed by atoms with van der Waals surface area (Å²) in [5, 5.41) is 7.33. The molecule has 1 atom stereocenters. The van der Waals surface area contributed by atoms with Crippen LogP contribution in [0.25, 0.3) is 0 Å². The second-order valence-corrected chi connectivity index (χ2v) is 4.31. The molecule has 0 aromatic heterocycles. The van der Waals surface area contributed by atoms with Gasteiger partial charge in [-0.3, -0.25) is 5.41 Å². The van der Waals surface area contributed by atoms with Gasteiger partial charge in [-0.2, -0.15) is 13.2 Å². The van der Waals surface area contributed by atoms with Crippen LogP contribution < -0.4 is 5.73 Å². The Morgan fingerprint density at radius 2 is 2.12 bits per heavy atom. The second-order valence-electron chi connectivity index (χ2n) is 4.31. The van der Waals surface area contributed by atoms with Gasteiger partial charge in [0.1, 0.15) is 0 Å². The van der Waals surface area contributed by atoms with Crippen LogP contribution in [0.1, 0.15) is 25.7 Å². The van der Waals surface area contributed by atoms with E-state index in [2.05, 4.69) is 0 Å². The van der Waals surface area contributed by atoms with Crippen LogP contribution >= 0.6 is 0 Å². The molecule has 1 unspecified atom stereocenters. The molecule has 0 aromatic carbocycles. The first-order chi connectivity index (χ1) is 7.38. The van der Waals surface area contributed by atoms with Crippen molar-refractivity contribution in [2.24, 2.45) is 11.7 Å². The lowest BCUT2D eigenvalue weighted by Gasteiger charge is -2.32. The summed E-state index contributed by atoms with van der Waals surface area (Å²) in [6, 6.07) is 0. The predicted octanol–water partition coefficient (Wildman–Crippen LogP) is 1.98. The molecule has 1 aliphatic heterocycles. The fourth-order valence-corrected chi connectivity index (χ4v) is 2.02. The van der Waals surface area contributed by atoms with Crippen molar-refractivity contribution in [3.8, 4) is 0 Å². The minimum atomic E-state index is -4.06. The number of halogens is 3. The number of rotatable bonds is 4. The Morgan fingerprint density at radius 3 is 2.69 bits per heavy atom. The molecular weight excluding hydrogens is 219 g/mol. The normalized spacial score (nSPS) is 23.3. The molecule has 6 heteroatoms. The van der Waals surface area contributed by atoms with Crippen molar-refractivity contribution in [1.82, 2.24) is 4.90 Å². The van der Waals surface area contributed by atoms with Crippen LogP contribution in [0.5, 0.6) is 0 Å². The summed E-state index contributed by atoms with van der Waals surface area (Å²) < 4.78 is 35.8. The first kappa shape index (κ1) is 13.3. The third-order valence-electron chi connectivity index (χ3n) is 2.88. The smallest absolute Gasteiger partial charge is 0.387 e. The quantitative estimate of drug-likeness (QED) is 0.580. The number of nitrogens with one attached hydrogen (secondary N) is 1. The van der Waals surface area contributed by atoms with Gasteiger partial charge in [0.05, 0.1) is 5.84 Å². The molecule has 0 aliphatic carbocycles. The zero-order valence-electron chi connectivity index (χ0n) is 9.19. The molecule has 1 fully saturated rings. The van der Waals surface area contributed by atoms with Crippen molar-refractivity contribution >= 4 is 5.84 Å². The van der Waals surface area contributed by atoms with Crippen LogP contribution in [-0.2, 0) is 0 Å². The highest BCUT2D eigenvalue weighted by Gasteiger charge is 2.27. The molecule has 94 valence electrons. The van der Waals surface area contributed by atoms with Gasteiger partial charge in [-0.05, 0) is 32.4 Å². The van der Waals surface area contributed by atoms with Crippen molar-refractivity contribution < 1.29 is 13.2 Å². The molecule has 1 aliphatic rings. The zero-order valence-corrected chi connectivity index (χ0v) is 9.19. The average Bonchev–Trinajstić information content (AvgIpc) is 2.16. The van der Waals surface area contributed by atoms with Crippen LogP contribution in [0.3, 0.4) is 0 Å². The highest BCUT2D eigenvalue weighted by molar-refractivity contribution is 5.79. The van der Waals surface area contributed by atoms with Gasteiger partial charge in [0.25, 0.3) is 0 Å². The van der Waals surface area contributed by atoms with Crippen molar-refractivity contribution in [2.45, 2.75) is 31.9 Å². The van der Waals surface area contributed by atoms with E-state index in [-0.39, 0.29) is 18.2 Å². The number of likely N-dealkylation sites (tertiary alicyclic amines) is 1. The maximum Gasteiger partial charge on any atom is 0.389 e. The molecule has 1 rings (SSSR count). The molecular formula is C10H18F3N3. The standard InChI is InChI=1S/C10H18F3N3/c11-10(12,13)4-2-6-16-5-1-3-8(7-16)9(14)15/h8H,1-7H2,(H3,14,15). The molecule has 16 heavy (non-hydrogen) atoms. The maximum atomic E-state index is 11.9. The fourth-order valence-electron chi connectivity index (χ4n) is 2.02. The van der Waals surface area contributed by atoms with Crippen LogP contribution in [0.15, 0.2) is 0 Å². The van der Waals surface area contributed by atoms with Gasteiger partial charge in [-0.25, -0.2) is 0 Å². The average molecular weight is 237 g/mol. The maximum absolute atomic E-state index is 11.9. The van der Waals surface area contributed by atoms with Crippen LogP contribution in [0, 0.1) is 11.3 Å². The van der Waals surface area contributed by atoms with Gasteiger partial charge >= 0.3 is 6.18 Å². The number of hydrogen-bond donors (Lipinski definition) is 2. The Labute approximate surface area is 93.3 Å². The van der Waals surface area contributed by atoms with Gasteiger partial charge in [0.2, 0.25) is 0 Å². The first-order valence-corrected chi connectivity index (χ1v) is 5.51. The molecule has 3 N–H and O–H groups in total. The minimum absolute atomic E-state index is 0.0274. The third kappa shape index (κ3) is 4.83. The lowest BCUT2D eigenvalue weighted by Crippen LogP contribution is -2.41. The minimum Gasteiger partial charge on any atom is -0.387 e. The van der Waals surface area contributed by atoms with E-state index < -0.39 is 12.6 Å². The first-order valence-electron chi connectivity index (χ1n) is 5.51. The Kier molecular flexibility index (Phi) is 4.58. The lowest BCUT2D eigenvalue weighted by molar-refractivity contribution is -0.136. The summed E-state index contributed by atoms with van der Waals surface area (Å²) >= 11 is 0. The third-order valence-corrected chi connectivity index (χ3v) is 2.88. The van der Waals surface area contributed by atoms with Crippen molar-refractivity contribution in [3.63, 3.8) is 0 Å². The van der Waals surface area contributed by atoms with Crippen LogP contribution in [-0.4, -0.2) is 36.5 Å². The van der Waals surface area contributed by atoms with Crippen LogP contribution in [0.2, 0.25) is 0 Å². The fraction of sp³-hybridized carbons (Fsp3) is 0.900. The molecule has 0 amide bonds. The highest BCUT2D eigenvalue weighted by atomic mass is 19.4. The lowest BCUT2D eigenvalue weighted by atomic mass is 9.97. The van der Waals surface area contributed by atoms with E-state index in [9.17, 15) is 13.2 Å². The van der Waals surface area contributed by atoms with Gasteiger partial charge in [0, 0.05) is 18.9 Å². The number of alkyl halides is 3. The predicted molar refractivity (Wildman–Crippen MR) is 56.4 cm³/mol. The summed E-state index contributed by atoms with van der Waals surface area (Å²) in [6.45, 7) is 1.90. The Morgan fingerprint density at radius 1 is 1.44 bits per heavy atom. The highest BCUT2D eigenvalue weighted by Crippen LogP contribution is 2.22. The molecule has 3 nitrogen and oxygen atoms in total. The summed E-state index contributed by atoms with van der Waals surface area (Å²) in [6.07, 6.45) is -2.86. The van der Waals surface area contributed by atoms with E-state index in [1.165, 1.54) is 0 Å². The van der Waals surface area contributed by atoms with E-state index in [0.29, 0.717) is 13.1 Å². The van der Waals surface area contributed by atoms with Gasteiger partial charge in [-0.1, -0.05) is 0 Å². The van der Waals surface area contributed by atoms with E-state index in [1.54, 1.807) is 0 Å². The van der Waals surface area contributed by atoms with Crippen LogP contribution in [0.4, 0.5) is 13.2 Å². The van der Waals surface area contributed by atoms with Crippen molar-refractivity contribution in [1.29, 1.82) is 5.41 Å². The molecule has 0 radical (unpaired) electrons. The van der Waals surface area contributed by atoms with E-state index in [4.69, 9.17) is 11.1 Å². The monoisotopic (exact) mass is 237 g/mol. The largest absolute Gasteiger partial charge is 0.389 e. The number of hydrogen-bond acceptors (Lipinski definition) is 2. The number of piperidine rings is 1. The van der Waals surface area contributed by atoms with Crippen molar-refractivity contribution in [3.05, 3.63) is 0 Å². The SMILES string of the molecule is N=C(N)C1CCCN(CCCC(F)(F)F)C1. The molecule has 0 aromatic rings. The summed E-state index contributed by atoms with van der Waals surface area (Å²) in [4.78, 5) is 1.97. The van der Waals surface area contributed by atoms with Gasteiger partial charge < -0.3 is 10.6 Å². The topological polar surface area (TPSA) is 53.1 Å². The van der Waals surface area contributed by atoms with Crippen molar-refractivity contribution in [2.75, 3.05) is 19.6 Å². The molecule has 0 bridgehead atoms. The second kappa shape index (κ2) is 5.52. The summed E-state index contributed by atoms with van der Waals surface area (Å²) in [5.41, 5.74) is 5.40. The van der Waals surface area contributed by atoms with E-state index in [0.717, 1.165) is 19.4 Å². The molecule has 1 saturated heterocycles. The number of amidine groups is 1. The summed E-state index contributed by atoms with van der Waals surface area (Å²) in [7, 11) is 0. The summed E-state index contributed by atoms with van der Waals surface area (Å²) in [5.74, 6) is 0.181. The van der Waals surface area contributed by atoms with Gasteiger partial charge in [-0.15, -0.1) is 0 Å². The van der Waals surface area contributed by atoms with E-state index in [1.807, 2.05) is 4.90 Å². The Hall–Kier alpha value is -0.780. The van der Waals surface area contributed by atoms with E-state index >= 15 is 0 Å².